The standard InChI is InChI=1S/C26H36N4O2S2/c1-4-5-6-7-8-17-34-21-12-9-19(10-13-21)28-25(31)22-14-11-20(18-24(22)29(2)33-3)30-16-15-23(27)26(30)32/h9-14,18,23H,4-8,15-17,27H2,1-3H3,(H,28,31). The maximum absolute atomic E-state index is 13.1. The summed E-state index contributed by atoms with van der Waals surface area (Å²) in [5.41, 5.74) is 8.73. The first-order valence-electron chi connectivity index (χ1n) is 12.0. The van der Waals surface area contributed by atoms with Gasteiger partial charge in [-0.2, -0.15) is 0 Å². The van der Waals surface area contributed by atoms with Gasteiger partial charge in [0.2, 0.25) is 5.91 Å². The molecule has 1 heterocycles. The number of benzene rings is 2. The molecule has 0 aliphatic carbocycles. The van der Waals surface area contributed by atoms with Gasteiger partial charge in [0.15, 0.2) is 0 Å². The first kappa shape index (κ1) is 26.4. The number of amides is 2. The fourth-order valence-corrected chi connectivity index (χ4v) is 5.19. The van der Waals surface area contributed by atoms with E-state index in [9.17, 15) is 9.59 Å². The summed E-state index contributed by atoms with van der Waals surface area (Å²) >= 11 is 3.37. The third-order valence-electron chi connectivity index (χ3n) is 6.03. The molecular formula is C26H36N4O2S2. The van der Waals surface area contributed by atoms with Crippen molar-refractivity contribution in [3.63, 3.8) is 0 Å². The second kappa shape index (κ2) is 13.1. The molecule has 2 aromatic carbocycles. The van der Waals surface area contributed by atoms with Crippen molar-refractivity contribution in [1.29, 1.82) is 0 Å². The summed E-state index contributed by atoms with van der Waals surface area (Å²) in [4.78, 5) is 28.4. The van der Waals surface area contributed by atoms with Gasteiger partial charge in [0, 0.05) is 36.1 Å². The van der Waals surface area contributed by atoms with Crippen molar-refractivity contribution in [1.82, 2.24) is 0 Å². The van der Waals surface area contributed by atoms with Gasteiger partial charge in [-0.15, -0.1) is 11.8 Å². The SMILES string of the molecule is CCCCCCCSc1ccc(NC(=O)c2ccc(N3CCC(N)C3=O)cc2N(C)SC)cc1. The minimum Gasteiger partial charge on any atom is -0.322 e. The van der Waals surface area contributed by atoms with E-state index in [1.54, 1.807) is 11.0 Å². The third kappa shape index (κ3) is 6.93. The van der Waals surface area contributed by atoms with Gasteiger partial charge in [-0.05, 0) is 61.1 Å². The molecule has 34 heavy (non-hydrogen) atoms. The van der Waals surface area contributed by atoms with Crippen LogP contribution in [0, 0.1) is 0 Å². The molecule has 1 saturated heterocycles. The van der Waals surface area contributed by atoms with Crippen LogP contribution in [0.15, 0.2) is 47.4 Å². The number of hydrogen-bond acceptors (Lipinski definition) is 6. The van der Waals surface area contributed by atoms with Crippen LogP contribution in [0.1, 0.15) is 55.8 Å². The molecule has 1 aliphatic rings. The molecule has 0 aromatic heterocycles. The Bertz CT molecular complexity index is 968. The summed E-state index contributed by atoms with van der Waals surface area (Å²) in [6.07, 6.45) is 9.03. The molecule has 3 rings (SSSR count). The topological polar surface area (TPSA) is 78.7 Å². The van der Waals surface area contributed by atoms with Crippen molar-refractivity contribution < 1.29 is 9.59 Å². The van der Waals surface area contributed by atoms with Crippen molar-refractivity contribution >= 4 is 52.6 Å². The molecule has 1 fully saturated rings. The van der Waals surface area contributed by atoms with Gasteiger partial charge < -0.3 is 20.3 Å². The average Bonchev–Trinajstić information content (AvgIpc) is 3.19. The summed E-state index contributed by atoms with van der Waals surface area (Å²) < 4.78 is 1.93. The maximum atomic E-state index is 13.1. The van der Waals surface area contributed by atoms with Crippen molar-refractivity contribution in [2.45, 2.75) is 56.4 Å². The Morgan fingerprint density at radius 2 is 1.88 bits per heavy atom. The minimum atomic E-state index is -0.452. The number of carbonyl (C=O) groups excluding carboxylic acids is 2. The van der Waals surface area contributed by atoms with E-state index in [-0.39, 0.29) is 11.8 Å². The van der Waals surface area contributed by atoms with Gasteiger partial charge in [0.05, 0.1) is 17.3 Å². The van der Waals surface area contributed by atoms with Crippen LogP contribution in [0.2, 0.25) is 0 Å². The highest BCUT2D eigenvalue weighted by Crippen LogP contribution is 2.32. The number of nitrogens with zero attached hydrogens (tertiary/aromatic N) is 2. The lowest BCUT2D eigenvalue weighted by molar-refractivity contribution is -0.118. The van der Waals surface area contributed by atoms with Crippen LogP contribution < -0.4 is 20.3 Å². The Balaban J connectivity index is 1.65. The van der Waals surface area contributed by atoms with E-state index in [4.69, 9.17) is 5.73 Å². The third-order valence-corrected chi connectivity index (χ3v) is 7.87. The van der Waals surface area contributed by atoms with Crippen LogP contribution in [-0.2, 0) is 4.79 Å². The molecular weight excluding hydrogens is 464 g/mol. The number of nitrogens with one attached hydrogen (secondary N) is 1. The normalized spacial score (nSPS) is 15.6. The number of hydrogen-bond donors (Lipinski definition) is 2. The molecule has 2 amide bonds. The lowest BCUT2D eigenvalue weighted by Crippen LogP contribution is -2.34. The molecule has 0 saturated carbocycles. The smallest absolute Gasteiger partial charge is 0.257 e. The number of rotatable bonds is 12. The molecule has 184 valence electrons. The zero-order valence-electron chi connectivity index (χ0n) is 20.4. The molecule has 8 heteroatoms. The van der Waals surface area contributed by atoms with E-state index in [1.807, 2.05) is 53.6 Å². The van der Waals surface area contributed by atoms with E-state index < -0.39 is 6.04 Å². The van der Waals surface area contributed by atoms with Gasteiger partial charge in [0.1, 0.15) is 0 Å². The number of nitrogens with two attached hydrogens (primary N) is 1. The summed E-state index contributed by atoms with van der Waals surface area (Å²) in [7, 11) is 1.91. The summed E-state index contributed by atoms with van der Waals surface area (Å²) in [5.74, 6) is 0.869. The quantitative estimate of drug-likeness (QED) is 0.218. The highest BCUT2D eigenvalue weighted by atomic mass is 32.2. The van der Waals surface area contributed by atoms with Crippen LogP contribution >= 0.6 is 23.7 Å². The Labute approximate surface area is 212 Å². The van der Waals surface area contributed by atoms with Gasteiger partial charge in [0.25, 0.3) is 5.91 Å². The predicted octanol–water partition coefficient (Wildman–Crippen LogP) is 5.78. The Morgan fingerprint density at radius 3 is 2.53 bits per heavy atom. The van der Waals surface area contributed by atoms with Crippen LogP contribution in [0.5, 0.6) is 0 Å². The van der Waals surface area contributed by atoms with E-state index in [2.05, 4.69) is 24.4 Å². The zero-order chi connectivity index (χ0) is 24.5. The van der Waals surface area contributed by atoms with Gasteiger partial charge in [-0.1, -0.05) is 44.6 Å². The van der Waals surface area contributed by atoms with Gasteiger partial charge >= 0.3 is 0 Å². The molecule has 0 spiro atoms. The highest BCUT2D eigenvalue weighted by Gasteiger charge is 2.30. The molecule has 2 aromatic rings. The first-order chi connectivity index (χ1) is 16.4. The lowest BCUT2D eigenvalue weighted by Gasteiger charge is -2.23. The lowest BCUT2D eigenvalue weighted by atomic mass is 10.1. The largest absolute Gasteiger partial charge is 0.322 e. The number of thioether (sulfide) groups is 1. The van der Waals surface area contributed by atoms with E-state index in [1.165, 1.54) is 48.9 Å². The second-order valence-electron chi connectivity index (χ2n) is 8.51. The monoisotopic (exact) mass is 500 g/mol. The van der Waals surface area contributed by atoms with Crippen molar-refractivity contribution in [3.05, 3.63) is 48.0 Å². The van der Waals surface area contributed by atoms with Crippen LogP contribution in [0.4, 0.5) is 17.1 Å². The zero-order valence-corrected chi connectivity index (χ0v) is 22.0. The van der Waals surface area contributed by atoms with Gasteiger partial charge in [-0.25, -0.2) is 0 Å². The summed E-state index contributed by atoms with van der Waals surface area (Å²) in [6, 6.07) is 13.1. The van der Waals surface area contributed by atoms with Crippen LogP contribution in [0.25, 0.3) is 0 Å². The second-order valence-corrected chi connectivity index (χ2v) is 10.6. The molecule has 6 nitrogen and oxygen atoms in total. The van der Waals surface area contributed by atoms with E-state index in [0.29, 0.717) is 18.5 Å². The molecule has 1 atom stereocenters. The Hall–Kier alpha value is -2.16. The fourth-order valence-electron chi connectivity index (χ4n) is 3.93. The van der Waals surface area contributed by atoms with E-state index in [0.717, 1.165) is 22.8 Å². The van der Waals surface area contributed by atoms with Crippen LogP contribution in [0.3, 0.4) is 0 Å². The van der Waals surface area contributed by atoms with Crippen molar-refractivity contribution in [2.75, 3.05) is 40.1 Å². The number of carbonyl (C=O) groups is 2. The minimum absolute atomic E-state index is 0.0751. The highest BCUT2D eigenvalue weighted by molar-refractivity contribution is 8.00. The summed E-state index contributed by atoms with van der Waals surface area (Å²) in [5, 5.41) is 3.02. The van der Waals surface area contributed by atoms with Crippen LogP contribution in [-0.4, -0.2) is 43.5 Å². The van der Waals surface area contributed by atoms with Crippen molar-refractivity contribution in [3.8, 4) is 0 Å². The fraction of sp³-hybridized carbons (Fsp3) is 0.462. The Kier molecular flexibility index (Phi) is 10.2. The maximum Gasteiger partial charge on any atom is 0.257 e. The van der Waals surface area contributed by atoms with E-state index >= 15 is 0 Å². The Morgan fingerprint density at radius 1 is 1.15 bits per heavy atom. The predicted molar refractivity (Wildman–Crippen MR) is 147 cm³/mol. The number of anilines is 3. The molecule has 1 aliphatic heterocycles. The first-order valence-corrected chi connectivity index (χ1v) is 14.1. The molecule has 3 N–H and O–H groups in total. The molecule has 0 radical (unpaired) electrons. The average molecular weight is 501 g/mol. The molecule has 0 bridgehead atoms. The van der Waals surface area contributed by atoms with Crippen molar-refractivity contribution in [2.24, 2.45) is 5.73 Å². The van der Waals surface area contributed by atoms with Gasteiger partial charge in [-0.3, -0.25) is 9.59 Å². The number of unbranched alkanes of at least 4 members (excludes halogenated alkanes) is 4. The summed E-state index contributed by atoms with van der Waals surface area (Å²) in [6.45, 7) is 2.83. The molecule has 1 unspecified atom stereocenters.